The van der Waals surface area contributed by atoms with Crippen LogP contribution in [0.3, 0.4) is 0 Å². The maximum absolute atomic E-state index is 13.0. The molecule has 0 radical (unpaired) electrons. The zero-order chi connectivity index (χ0) is 59.8. The monoisotopic (exact) mass is 1170 g/mol. The largest absolute Gasteiger partial charge is 0.472 e. The first-order chi connectivity index (χ1) is 40.2. The first kappa shape index (κ1) is 78.1. The maximum atomic E-state index is 13.0. The van der Waals surface area contributed by atoms with Crippen LogP contribution in [0, 0.1) is 0 Å². The molecule has 0 spiro atoms. The number of rotatable bonds is 60. The van der Waals surface area contributed by atoms with E-state index in [1.807, 2.05) is 12.2 Å². The molecule has 11 nitrogen and oxygen atoms in total. The van der Waals surface area contributed by atoms with Gasteiger partial charge in [-0.1, -0.05) is 278 Å². The standard InChI is InChI=1S/C70H119O11P/c1-4-7-10-13-16-19-22-25-28-31-33-36-38-41-44-47-50-53-56-59-68(72)77-63-67(81-70(74)61-58-55-52-49-46-43-40-37-34-32-29-26-23-20-17-14-11-8-5-2)65-79-82(75,76)78-64-66(62-71)80-69(73)60-57-54-51-48-45-42-39-35-30-27-24-21-18-15-12-9-6-3/h8-9,11-12,17-18,20-21,26-27,29-30,34,37,43,46,52,55,66-67,71H,4-7,10,13-16,19,22-25,28,31-33,35-36,38-42,44-45,47-51,53-54,56-65H2,1-3H3,(H,75,76)/b11-8-,12-9-,20-17-,21-18-,29-26-,30-27-,37-34-,46-43-,55-52-. The Morgan fingerprint density at radius 1 is 0.354 bits per heavy atom. The number of allylic oxidation sites excluding steroid dienone is 18. The highest BCUT2D eigenvalue weighted by Gasteiger charge is 2.28. The maximum Gasteiger partial charge on any atom is 0.472 e. The van der Waals surface area contributed by atoms with Crippen LogP contribution in [0.2, 0.25) is 0 Å². The fourth-order valence-electron chi connectivity index (χ4n) is 8.81. The lowest BCUT2D eigenvalue weighted by atomic mass is 10.0. The van der Waals surface area contributed by atoms with Gasteiger partial charge >= 0.3 is 25.7 Å². The predicted octanol–water partition coefficient (Wildman–Crippen LogP) is 20.1. The smallest absolute Gasteiger partial charge is 0.462 e. The van der Waals surface area contributed by atoms with Crippen LogP contribution >= 0.6 is 7.82 Å². The number of phosphoric ester groups is 1. The van der Waals surface area contributed by atoms with Gasteiger partial charge in [-0.3, -0.25) is 23.4 Å². The number of hydrogen-bond donors (Lipinski definition) is 2. The summed E-state index contributed by atoms with van der Waals surface area (Å²) < 4.78 is 39.6. The summed E-state index contributed by atoms with van der Waals surface area (Å²) in [5.74, 6) is -1.57. The van der Waals surface area contributed by atoms with Crippen molar-refractivity contribution in [3.8, 4) is 0 Å². The van der Waals surface area contributed by atoms with Crippen LogP contribution in [0.25, 0.3) is 0 Å². The van der Waals surface area contributed by atoms with Gasteiger partial charge in [0.05, 0.1) is 19.8 Å². The minimum atomic E-state index is -4.78. The fraction of sp³-hybridized carbons (Fsp3) is 0.700. The molecule has 0 rings (SSSR count). The number of aliphatic hydroxyl groups is 1. The van der Waals surface area contributed by atoms with Crippen molar-refractivity contribution >= 4 is 25.7 Å². The number of aliphatic hydroxyl groups excluding tert-OH is 1. The predicted molar refractivity (Wildman–Crippen MR) is 343 cm³/mol. The second-order valence-corrected chi connectivity index (χ2v) is 23.0. The van der Waals surface area contributed by atoms with E-state index in [0.717, 1.165) is 109 Å². The number of ether oxygens (including phenoxy) is 3. The van der Waals surface area contributed by atoms with Crippen LogP contribution in [0.4, 0.5) is 0 Å². The Morgan fingerprint density at radius 3 is 1.05 bits per heavy atom. The summed E-state index contributed by atoms with van der Waals surface area (Å²) in [5, 5.41) is 9.86. The first-order valence-corrected chi connectivity index (χ1v) is 34.3. The summed E-state index contributed by atoms with van der Waals surface area (Å²) in [6.07, 6.45) is 77.7. The van der Waals surface area contributed by atoms with Crippen molar-refractivity contribution in [1.82, 2.24) is 0 Å². The zero-order valence-electron chi connectivity index (χ0n) is 52.2. The van der Waals surface area contributed by atoms with Crippen LogP contribution in [-0.4, -0.2) is 66.5 Å². The SMILES string of the molecule is CC/C=C\C/C=C\C/C=C\C/C=C\C/C=C\C/C=C\CCC(=O)OC(COC(=O)CCCCCCCCCCCCCCCCCCCCC)COP(=O)(O)OCC(CO)OC(=O)CCCCCCCCC/C=C\C/C=C\C/C=C\CC. The third kappa shape index (κ3) is 60.7. The Bertz CT molecular complexity index is 1790. The van der Waals surface area contributed by atoms with Crippen LogP contribution < -0.4 is 0 Å². The summed E-state index contributed by atoms with van der Waals surface area (Å²) >= 11 is 0. The van der Waals surface area contributed by atoms with Crippen LogP contribution in [0.15, 0.2) is 109 Å². The molecule has 0 aliphatic carbocycles. The summed E-state index contributed by atoms with van der Waals surface area (Å²) in [4.78, 5) is 48.8. The zero-order valence-corrected chi connectivity index (χ0v) is 53.1. The number of unbranched alkanes of at least 4 members (excludes halogenated alkanes) is 25. The number of esters is 3. The first-order valence-electron chi connectivity index (χ1n) is 32.8. The van der Waals surface area contributed by atoms with E-state index in [1.54, 1.807) is 0 Å². The third-order valence-corrected chi connectivity index (χ3v) is 14.7. The third-order valence-electron chi connectivity index (χ3n) is 13.7. The number of phosphoric acid groups is 1. The molecule has 12 heteroatoms. The van der Waals surface area contributed by atoms with Crippen molar-refractivity contribution in [2.45, 2.75) is 290 Å². The van der Waals surface area contributed by atoms with Gasteiger partial charge in [0.1, 0.15) is 12.7 Å². The topological polar surface area (TPSA) is 155 Å². The van der Waals surface area contributed by atoms with E-state index in [2.05, 4.69) is 118 Å². The lowest BCUT2D eigenvalue weighted by Crippen LogP contribution is -2.30. The summed E-state index contributed by atoms with van der Waals surface area (Å²) in [5.41, 5.74) is 0. The van der Waals surface area contributed by atoms with Gasteiger partial charge in [0.25, 0.3) is 0 Å². The highest BCUT2D eigenvalue weighted by Crippen LogP contribution is 2.43. The molecule has 0 fully saturated rings. The van der Waals surface area contributed by atoms with Crippen molar-refractivity contribution in [2.24, 2.45) is 0 Å². The highest BCUT2D eigenvalue weighted by atomic mass is 31.2. The van der Waals surface area contributed by atoms with Gasteiger partial charge in [-0.15, -0.1) is 0 Å². The van der Waals surface area contributed by atoms with Crippen molar-refractivity contribution in [3.63, 3.8) is 0 Å². The van der Waals surface area contributed by atoms with Crippen molar-refractivity contribution in [1.29, 1.82) is 0 Å². The molecule has 0 aromatic heterocycles. The molecule has 0 aliphatic heterocycles. The van der Waals surface area contributed by atoms with Crippen molar-refractivity contribution in [3.05, 3.63) is 109 Å². The molecule has 0 aromatic rings. The number of carbonyl (C=O) groups is 3. The molecule has 2 N–H and O–H groups in total. The molecule has 0 aliphatic rings. The quantitative estimate of drug-likeness (QED) is 0.0197. The van der Waals surface area contributed by atoms with Crippen molar-refractivity contribution in [2.75, 3.05) is 26.4 Å². The van der Waals surface area contributed by atoms with Gasteiger partial charge in [-0.05, 0) is 89.9 Å². The lowest BCUT2D eigenvalue weighted by molar-refractivity contribution is -0.161. The molecule has 0 heterocycles. The Labute approximate surface area is 501 Å². The molecule has 3 unspecified atom stereocenters. The second kappa shape index (κ2) is 63.2. The molecule has 0 bridgehead atoms. The van der Waals surface area contributed by atoms with Crippen molar-refractivity contribution < 1.29 is 52.2 Å². The highest BCUT2D eigenvalue weighted by molar-refractivity contribution is 7.47. The Kier molecular flexibility index (Phi) is 60.2. The van der Waals surface area contributed by atoms with Crippen LogP contribution in [0.5, 0.6) is 0 Å². The minimum absolute atomic E-state index is 0.0392. The minimum Gasteiger partial charge on any atom is -0.462 e. The molecule has 82 heavy (non-hydrogen) atoms. The molecule has 3 atom stereocenters. The van der Waals surface area contributed by atoms with Crippen LogP contribution in [-0.2, 0) is 42.2 Å². The van der Waals surface area contributed by atoms with E-state index >= 15 is 0 Å². The molecule has 0 saturated heterocycles. The Hall–Kier alpha value is -3.86. The lowest BCUT2D eigenvalue weighted by Gasteiger charge is -2.21. The molecule has 0 saturated carbocycles. The number of hydrogen-bond acceptors (Lipinski definition) is 10. The van der Waals surface area contributed by atoms with Gasteiger partial charge in [-0.25, -0.2) is 4.57 Å². The van der Waals surface area contributed by atoms with E-state index in [-0.39, 0.29) is 25.9 Å². The number of carbonyl (C=O) groups excluding carboxylic acids is 3. The van der Waals surface area contributed by atoms with Gasteiger partial charge in [0, 0.05) is 19.3 Å². The Morgan fingerprint density at radius 2 is 0.659 bits per heavy atom. The summed E-state index contributed by atoms with van der Waals surface area (Å²) in [6, 6.07) is 0. The van der Waals surface area contributed by atoms with E-state index in [1.165, 1.54) is 103 Å². The molecule has 0 aromatic carbocycles. The van der Waals surface area contributed by atoms with Gasteiger partial charge < -0.3 is 24.2 Å². The van der Waals surface area contributed by atoms with Gasteiger partial charge in [0.2, 0.25) is 0 Å². The van der Waals surface area contributed by atoms with Crippen LogP contribution in [0.1, 0.15) is 278 Å². The van der Waals surface area contributed by atoms with E-state index in [4.69, 9.17) is 23.3 Å². The summed E-state index contributed by atoms with van der Waals surface area (Å²) in [6.45, 7) is 4.36. The second-order valence-electron chi connectivity index (χ2n) is 21.5. The van der Waals surface area contributed by atoms with E-state index in [0.29, 0.717) is 25.7 Å². The van der Waals surface area contributed by atoms with E-state index < -0.39 is 57.8 Å². The fourth-order valence-corrected chi connectivity index (χ4v) is 9.59. The molecule has 470 valence electrons. The summed E-state index contributed by atoms with van der Waals surface area (Å²) in [7, 11) is -4.78. The molecular weight excluding hydrogens is 1050 g/mol. The van der Waals surface area contributed by atoms with E-state index in [9.17, 15) is 28.9 Å². The molecular formula is C70H119O11P. The molecule has 0 amide bonds. The average molecular weight is 1170 g/mol. The average Bonchev–Trinajstić information content (AvgIpc) is 3.50. The normalized spacial score (nSPS) is 14.0. The van der Waals surface area contributed by atoms with Gasteiger partial charge in [-0.2, -0.15) is 0 Å². The Balaban J connectivity index is 4.79. The van der Waals surface area contributed by atoms with Gasteiger partial charge in [0.15, 0.2) is 6.10 Å².